The van der Waals surface area contributed by atoms with Gasteiger partial charge in [0.15, 0.2) is 0 Å². The van der Waals surface area contributed by atoms with Gasteiger partial charge in [-0.05, 0) is 159 Å². The number of benzene rings is 1. The van der Waals surface area contributed by atoms with Gasteiger partial charge in [0.05, 0.1) is 5.69 Å². The number of aliphatic carboxylic acids is 1. The Labute approximate surface area is 364 Å². The lowest BCUT2D eigenvalue weighted by Gasteiger charge is -2.70. The molecule has 0 radical (unpaired) electrons. The van der Waals surface area contributed by atoms with Crippen molar-refractivity contribution in [3.8, 4) is 11.6 Å². The molecule has 0 spiro atoms. The number of carboxylic acids is 1. The molecular formula is C51H73N5O3S. The highest BCUT2D eigenvalue weighted by molar-refractivity contribution is 7.99. The number of ether oxygens (including phenoxy) is 1. The van der Waals surface area contributed by atoms with Gasteiger partial charge in [0, 0.05) is 43.2 Å². The monoisotopic (exact) mass is 836 g/mol. The van der Waals surface area contributed by atoms with E-state index in [0.29, 0.717) is 59.1 Å². The topological polar surface area (TPSA) is 92.5 Å². The van der Waals surface area contributed by atoms with Crippen LogP contribution in [0.5, 0.6) is 5.88 Å². The van der Waals surface area contributed by atoms with Crippen molar-refractivity contribution in [2.24, 2.45) is 63.1 Å². The first-order chi connectivity index (χ1) is 28.7. The molecule has 0 amide bonds. The molecule has 60 heavy (non-hydrogen) atoms. The van der Waals surface area contributed by atoms with Crippen molar-refractivity contribution in [1.29, 1.82) is 0 Å². The lowest BCUT2D eigenvalue weighted by Crippen LogP contribution is -2.67. The molecule has 2 N–H and O–H groups in total. The minimum Gasteiger partial charge on any atom is -0.481 e. The molecule has 8 nitrogen and oxygen atoms in total. The molecule has 4 saturated carbocycles. The van der Waals surface area contributed by atoms with Gasteiger partial charge in [0.25, 0.3) is 0 Å². The number of aromatic nitrogens is 3. The molecule has 5 fully saturated rings. The predicted molar refractivity (Wildman–Crippen MR) is 243 cm³/mol. The number of nitrogens with zero attached hydrogens (tertiary/aromatic N) is 4. The standard InChI is InChI=1S/C51H73N5O3S/c1-34(2)38-17-22-51(52-25-26-55-27-29-60-30-28-55)24-23-49(7)41(45(38)51)14-13-40-44-35(3)31-42(47(4,5)39(44)18-19-48(40,49)6)36-15-20-50(21-16-36,46(57)58)33-59-43-32-53-54-56(43)37-11-9-8-10-12-37/h8-12,15,31-32,35,38-41,44-45,52H,1,13-14,16-30,33H2,2-7H3,(H,57,58)/t35-,38-,39+,40+,41+,44-,45+,48+,49+,50?,51-/m0/s1. The lowest BCUT2D eigenvalue weighted by atomic mass is 9.35. The van der Waals surface area contributed by atoms with Gasteiger partial charge in [-0.25, -0.2) is 0 Å². The van der Waals surface area contributed by atoms with Crippen molar-refractivity contribution in [1.82, 2.24) is 25.2 Å². The number of thioether (sulfide) groups is 1. The molecule has 9 rings (SSSR count). The van der Waals surface area contributed by atoms with Crippen molar-refractivity contribution in [2.75, 3.05) is 44.3 Å². The van der Waals surface area contributed by atoms with Crippen LogP contribution in [0.2, 0.25) is 0 Å². The Morgan fingerprint density at radius 1 is 0.967 bits per heavy atom. The summed E-state index contributed by atoms with van der Waals surface area (Å²) in [6, 6.07) is 9.72. The third kappa shape index (κ3) is 6.89. The molecule has 0 bridgehead atoms. The highest BCUT2D eigenvalue weighted by Gasteiger charge is 2.69. The van der Waals surface area contributed by atoms with Crippen LogP contribution in [0.4, 0.5) is 0 Å². The average Bonchev–Trinajstić information content (AvgIpc) is 3.88. The Morgan fingerprint density at radius 2 is 1.72 bits per heavy atom. The Balaban J connectivity index is 0.929. The van der Waals surface area contributed by atoms with E-state index >= 15 is 0 Å². The van der Waals surface area contributed by atoms with Gasteiger partial charge in [-0.15, -0.1) is 5.10 Å². The van der Waals surface area contributed by atoms with Gasteiger partial charge < -0.3 is 20.1 Å². The minimum atomic E-state index is -0.994. The molecule has 6 aliphatic carbocycles. The molecule has 1 unspecified atom stereocenters. The van der Waals surface area contributed by atoms with Crippen LogP contribution in [-0.4, -0.2) is 80.8 Å². The van der Waals surface area contributed by atoms with E-state index in [4.69, 9.17) is 4.74 Å². The summed E-state index contributed by atoms with van der Waals surface area (Å²) < 4.78 is 7.88. The smallest absolute Gasteiger partial charge is 0.313 e. The summed E-state index contributed by atoms with van der Waals surface area (Å²) in [5, 5.41) is 23.3. The van der Waals surface area contributed by atoms with Crippen molar-refractivity contribution in [3.63, 3.8) is 0 Å². The van der Waals surface area contributed by atoms with E-state index in [0.717, 1.165) is 30.5 Å². The van der Waals surface area contributed by atoms with E-state index < -0.39 is 11.4 Å². The van der Waals surface area contributed by atoms with Gasteiger partial charge in [0.1, 0.15) is 18.2 Å². The highest BCUT2D eigenvalue weighted by atomic mass is 32.2. The Hall–Kier alpha value is -2.88. The van der Waals surface area contributed by atoms with Crippen LogP contribution < -0.4 is 10.1 Å². The van der Waals surface area contributed by atoms with Crippen LogP contribution >= 0.6 is 11.8 Å². The summed E-state index contributed by atoms with van der Waals surface area (Å²) in [5.74, 6) is 6.82. The van der Waals surface area contributed by atoms with E-state index in [1.54, 1.807) is 10.9 Å². The molecule has 1 aliphatic heterocycles. The first-order valence-electron chi connectivity index (χ1n) is 23.7. The maximum atomic E-state index is 13.0. The van der Waals surface area contributed by atoms with E-state index in [2.05, 4.69) is 92.6 Å². The summed E-state index contributed by atoms with van der Waals surface area (Å²) >= 11 is 2.11. The van der Waals surface area contributed by atoms with Gasteiger partial charge in [-0.1, -0.05) is 82.3 Å². The zero-order valence-corrected chi connectivity index (χ0v) is 38.4. The first-order valence-corrected chi connectivity index (χ1v) is 24.8. The van der Waals surface area contributed by atoms with Gasteiger partial charge in [-0.2, -0.15) is 16.4 Å². The zero-order chi connectivity index (χ0) is 42.1. The van der Waals surface area contributed by atoms with E-state index in [1.807, 2.05) is 30.3 Å². The molecule has 7 aliphatic rings. The Kier molecular flexibility index (Phi) is 11.3. The van der Waals surface area contributed by atoms with Gasteiger partial charge >= 0.3 is 5.97 Å². The lowest BCUT2D eigenvalue weighted by molar-refractivity contribution is -0.201. The molecule has 1 aromatic carbocycles. The normalized spacial score (nSPS) is 39.9. The minimum absolute atomic E-state index is 0.0326. The number of hydrogen-bond donors (Lipinski definition) is 2. The molecule has 2 heterocycles. The van der Waals surface area contributed by atoms with Crippen molar-refractivity contribution < 1.29 is 14.6 Å². The molecule has 11 atom stereocenters. The first kappa shape index (κ1) is 42.4. The van der Waals surface area contributed by atoms with Crippen LogP contribution in [-0.2, 0) is 4.79 Å². The number of allylic oxidation sites excluding steroid dienone is 5. The second-order valence-electron chi connectivity index (χ2n) is 21.7. The number of fused-ring (bicyclic) bond motifs is 7. The van der Waals surface area contributed by atoms with Crippen LogP contribution in [0.1, 0.15) is 112 Å². The number of nitrogens with one attached hydrogen (secondary N) is 1. The second kappa shape index (κ2) is 16.0. The van der Waals surface area contributed by atoms with Crippen molar-refractivity contribution in [3.05, 3.63) is 72.0 Å². The molecular weight excluding hydrogens is 763 g/mol. The number of rotatable bonds is 11. The fraction of sp³-hybridized carbons (Fsp3) is 0.706. The highest BCUT2D eigenvalue weighted by Crippen LogP contribution is 2.74. The fourth-order valence-corrected chi connectivity index (χ4v) is 16.3. The summed E-state index contributed by atoms with van der Waals surface area (Å²) in [4.78, 5) is 15.7. The maximum Gasteiger partial charge on any atom is 0.313 e. The van der Waals surface area contributed by atoms with E-state index in [9.17, 15) is 9.90 Å². The molecule has 1 aromatic heterocycles. The number of para-hydroxylation sites is 1. The summed E-state index contributed by atoms with van der Waals surface area (Å²) in [6.07, 6.45) is 18.9. The largest absolute Gasteiger partial charge is 0.481 e. The third-order valence-corrected chi connectivity index (χ3v) is 19.8. The van der Waals surface area contributed by atoms with E-state index in [1.165, 1.54) is 99.2 Å². The Bertz CT molecular complexity index is 1990. The molecule has 2 aromatic rings. The second-order valence-corrected chi connectivity index (χ2v) is 22.9. The summed E-state index contributed by atoms with van der Waals surface area (Å²) in [7, 11) is 0. The van der Waals surface area contributed by atoms with Gasteiger partial charge in [0.2, 0.25) is 5.88 Å². The average molecular weight is 836 g/mol. The summed E-state index contributed by atoms with van der Waals surface area (Å²) in [5.41, 5.74) is 5.06. The van der Waals surface area contributed by atoms with E-state index in [-0.39, 0.29) is 17.6 Å². The molecule has 9 heteroatoms. The molecule has 326 valence electrons. The Morgan fingerprint density at radius 3 is 2.43 bits per heavy atom. The van der Waals surface area contributed by atoms with Crippen LogP contribution in [0.25, 0.3) is 5.69 Å². The van der Waals surface area contributed by atoms with Crippen molar-refractivity contribution in [2.45, 2.75) is 118 Å². The molecule has 1 saturated heterocycles. The SMILES string of the molecule is C=C(C)[C@@H]1CC[C@]2(NCCN3CCSCC3)CC[C@]3(C)[C@H](CC[C@@H]4[C@@H]5[C@@H](CC[C@]43C)C(C)(C)C(C3=CCC(COc4cnnn4-c4ccccc4)(C(=O)O)CC3)=C[C@@H]5C)[C@@H]12. The van der Waals surface area contributed by atoms with Gasteiger partial charge in [-0.3, -0.25) is 4.79 Å². The predicted octanol–water partition coefficient (Wildman–Crippen LogP) is 10.3. The summed E-state index contributed by atoms with van der Waals surface area (Å²) in [6.45, 7) is 25.0. The third-order valence-electron chi connectivity index (χ3n) is 18.9. The number of hydrogen-bond acceptors (Lipinski definition) is 7. The fourth-order valence-electron chi connectivity index (χ4n) is 15.3. The van der Waals surface area contributed by atoms with Crippen LogP contribution in [0.15, 0.2) is 72.0 Å². The number of carbonyl (C=O) groups is 1. The van der Waals surface area contributed by atoms with Crippen LogP contribution in [0, 0.1) is 63.1 Å². The maximum absolute atomic E-state index is 13.0. The number of carboxylic acid groups (broad SMARTS) is 1. The zero-order valence-electron chi connectivity index (χ0n) is 37.6. The van der Waals surface area contributed by atoms with Crippen LogP contribution in [0.3, 0.4) is 0 Å². The quantitative estimate of drug-likeness (QED) is 0.216. The van der Waals surface area contributed by atoms with Crippen molar-refractivity contribution >= 4 is 17.7 Å².